The molecule has 0 aromatic heterocycles. The van der Waals surface area contributed by atoms with E-state index in [1.165, 1.54) is 31.3 Å². The summed E-state index contributed by atoms with van der Waals surface area (Å²) in [5.41, 5.74) is 2.46. The van der Waals surface area contributed by atoms with Crippen molar-refractivity contribution in [1.29, 1.82) is 0 Å². The highest BCUT2D eigenvalue weighted by Crippen LogP contribution is 2.48. The van der Waals surface area contributed by atoms with Gasteiger partial charge in [0, 0.05) is 7.11 Å². The first kappa shape index (κ1) is 15.1. The summed E-state index contributed by atoms with van der Waals surface area (Å²) in [5.74, 6) is 1.17. The van der Waals surface area contributed by atoms with Gasteiger partial charge in [-0.25, -0.2) is 0 Å². The molecule has 0 saturated heterocycles. The Bertz CT molecular complexity index is 492. The molecule has 2 aliphatic carbocycles. The van der Waals surface area contributed by atoms with Crippen LogP contribution >= 0.6 is 0 Å². The van der Waals surface area contributed by atoms with Gasteiger partial charge in [0.25, 0.3) is 0 Å². The van der Waals surface area contributed by atoms with Gasteiger partial charge in [-0.05, 0) is 61.3 Å². The van der Waals surface area contributed by atoms with Crippen LogP contribution in [0.2, 0.25) is 0 Å². The Morgan fingerprint density at radius 2 is 2.20 bits per heavy atom. The van der Waals surface area contributed by atoms with Crippen molar-refractivity contribution in [2.24, 2.45) is 5.92 Å². The normalized spacial score (nSPS) is 30.9. The van der Waals surface area contributed by atoms with E-state index >= 15 is 0 Å². The number of aromatic hydroxyl groups is 1. The Hall–Kier alpha value is -1.28. The number of hydrogen-bond donors (Lipinski definition) is 1. The Morgan fingerprint density at radius 1 is 1.35 bits per heavy atom. The zero-order valence-corrected chi connectivity index (χ0v) is 11.6. The first-order chi connectivity index (χ1) is 9.22. The van der Waals surface area contributed by atoms with Crippen LogP contribution in [0, 0.1) is 5.92 Å². The number of phenolic OH excluding ortho intramolecular Hbond substituents is 1. The van der Waals surface area contributed by atoms with Crippen LogP contribution in [-0.2, 0) is 4.74 Å². The molecular formula is C18H26O2. The second kappa shape index (κ2) is 6.01. The van der Waals surface area contributed by atoms with Crippen LogP contribution in [0.3, 0.4) is 0 Å². The third-order valence-electron chi connectivity index (χ3n) is 4.82. The predicted molar refractivity (Wildman–Crippen MR) is 83.7 cm³/mol. The molecule has 1 N–H and O–H groups in total. The molecular weight excluding hydrogens is 248 g/mol. The standard InChI is InChI=1S/C17H22O2.CH4/c1-19-17-9-3-5-13(12-17)7-8-15(17)10-14-4-2-6-16(18)11-14;/h2,4,6,10-11,13,18H,3,5,7-9,12H2,1H3;1H4. The summed E-state index contributed by atoms with van der Waals surface area (Å²) in [6.45, 7) is 0. The van der Waals surface area contributed by atoms with E-state index in [-0.39, 0.29) is 13.0 Å². The summed E-state index contributed by atoms with van der Waals surface area (Å²) >= 11 is 0. The lowest BCUT2D eigenvalue weighted by Crippen LogP contribution is -2.42. The van der Waals surface area contributed by atoms with Crippen molar-refractivity contribution in [1.82, 2.24) is 0 Å². The van der Waals surface area contributed by atoms with Crippen molar-refractivity contribution in [3.63, 3.8) is 0 Å². The second-order valence-electron chi connectivity index (χ2n) is 5.96. The molecule has 2 fully saturated rings. The summed E-state index contributed by atoms with van der Waals surface area (Å²) in [5, 5.41) is 9.58. The average Bonchev–Trinajstić information content (AvgIpc) is 2.43. The third-order valence-corrected chi connectivity index (χ3v) is 4.82. The molecule has 2 saturated carbocycles. The molecule has 2 nitrogen and oxygen atoms in total. The van der Waals surface area contributed by atoms with E-state index in [4.69, 9.17) is 4.74 Å². The molecule has 3 rings (SSSR count). The fourth-order valence-electron chi connectivity index (χ4n) is 3.81. The summed E-state index contributed by atoms with van der Waals surface area (Å²) in [7, 11) is 1.85. The van der Waals surface area contributed by atoms with Gasteiger partial charge >= 0.3 is 0 Å². The van der Waals surface area contributed by atoms with E-state index in [0.717, 1.165) is 24.3 Å². The van der Waals surface area contributed by atoms with Crippen LogP contribution in [0.5, 0.6) is 5.75 Å². The number of fused-ring (bicyclic) bond motifs is 2. The molecule has 2 aliphatic rings. The summed E-state index contributed by atoms with van der Waals surface area (Å²) < 4.78 is 5.93. The number of benzene rings is 1. The minimum atomic E-state index is -0.0351. The SMILES string of the molecule is C.COC12CCCC(CCC1=Cc1cccc(O)c1)C2. The van der Waals surface area contributed by atoms with E-state index in [1.54, 1.807) is 6.07 Å². The van der Waals surface area contributed by atoms with Crippen LogP contribution in [0.25, 0.3) is 6.08 Å². The molecule has 2 unspecified atom stereocenters. The largest absolute Gasteiger partial charge is 0.508 e. The van der Waals surface area contributed by atoms with Crippen molar-refractivity contribution >= 4 is 6.08 Å². The molecule has 2 heteroatoms. The molecule has 2 atom stereocenters. The zero-order chi connectivity index (χ0) is 13.3. The fourth-order valence-corrected chi connectivity index (χ4v) is 3.81. The van der Waals surface area contributed by atoms with E-state index in [1.807, 2.05) is 25.3 Å². The van der Waals surface area contributed by atoms with Gasteiger partial charge in [0.15, 0.2) is 0 Å². The molecule has 0 radical (unpaired) electrons. The van der Waals surface area contributed by atoms with Crippen LogP contribution in [0.1, 0.15) is 51.5 Å². The molecule has 0 spiro atoms. The molecule has 110 valence electrons. The lowest BCUT2D eigenvalue weighted by atomic mass is 9.66. The van der Waals surface area contributed by atoms with Gasteiger partial charge in [-0.3, -0.25) is 0 Å². The van der Waals surface area contributed by atoms with Crippen molar-refractivity contribution in [2.45, 2.75) is 51.6 Å². The molecule has 1 aromatic rings. The van der Waals surface area contributed by atoms with Gasteiger partial charge < -0.3 is 9.84 Å². The topological polar surface area (TPSA) is 29.5 Å². The van der Waals surface area contributed by atoms with E-state index in [0.29, 0.717) is 5.75 Å². The highest BCUT2D eigenvalue weighted by atomic mass is 16.5. The highest BCUT2D eigenvalue weighted by Gasteiger charge is 2.42. The maximum Gasteiger partial charge on any atom is 0.116 e. The Kier molecular flexibility index (Phi) is 4.54. The maximum absolute atomic E-state index is 9.58. The van der Waals surface area contributed by atoms with Gasteiger partial charge in [0.1, 0.15) is 5.75 Å². The lowest BCUT2D eigenvalue weighted by Gasteiger charge is -2.46. The summed E-state index contributed by atoms with van der Waals surface area (Å²) in [4.78, 5) is 0. The van der Waals surface area contributed by atoms with E-state index < -0.39 is 0 Å². The van der Waals surface area contributed by atoms with Gasteiger partial charge in [-0.2, -0.15) is 0 Å². The van der Waals surface area contributed by atoms with Gasteiger partial charge in [0.05, 0.1) is 5.60 Å². The Balaban J connectivity index is 0.00000147. The van der Waals surface area contributed by atoms with E-state index in [2.05, 4.69) is 6.08 Å². The second-order valence-corrected chi connectivity index (χ2v) is 5.96. The molecule has 0 aliphatic heterocycles. The number of hydrogen-bond acceptors (Lipinski definition) is 2. The Labute approximate surface area is 122 Å². The van der Waals surface area contributed by atoms with Crippen molar-refractivity contribution in [3.8, 4) is 5.75 Å². The first-order valence-electron chi connectivity index (χ1n) is 7.27. The summed E-state index contributed by atoms with van der Waals surface area (Å²) in [6.07, 6.45) is 9.61. The number of phenols is 1. The fraction of sp³-hybridized carbons (Fsp3) is 0.556. The minimum absolute atomic E-state index is 0. The van der Waals surface area contributed by atoms with E-state index in [9.17, 15) is 5.11 Å². The van der Waals surface area contributed by atoms with Gasteiger partial charge in [-0.1, -0.05) is 32.1 Å². The number of ether oxygens (including phenoxy) is 1. The van der Waals surface area contributed by atoms with Gasteiger partial charge in [0.2, 0.25) is 0 Å². The lowest BCUT2D eigenvalue weighted by molar-refractivity contribution is -0.0405. The number of rotatable bonds is 2. The molecule has 20 heavy (non-hydrogen) atoms. The smallest absolute Gasteiger partial charge is 0.116 e. The Morgan fingerprint density at radius 3 is 2.95 bits per heavy atom. The zero-order valence-electron chi connectivity index (χ0n) is 11.6. The maximum atomic E-state index is 9.58. The van der Waals surface area contributed by atoms with Crippen LogP contribution < -0.4 is 0 Å². The van der Waals surface area contributed by atoms with Gasteiger partial charge in [-0.15, -0.1) is 0 Å². The predicted octanol–water partition coefficient (Wildman–Crippen LogP) is 4.78. The van der Waals surface area contributed by atoms with Crippen molar-refractivity contribution in [2.75, 3.05) is 7.11 Å². The molecule has 0 heterocycles. The minimum Gasteiger partial charge on any atom is -0.508 e. The van der Waals surface area contributed by atoms with Crippen molar-refractivity contribution < 1.29 is 9.84 Å². The van der Waals surface area contributed by atoms with Crippen LogP contribution in [0.4, 0.5) is 0 Å². The number of methoxy groups -OCH3 is 1. The monoisotopic (exact) mass is 274 g/mol. The van der Waals surface area contributed by atoms with Crippen LogP contribution in [0.15, 0.2) is 29.8 Å². The highest BCUT2D eigenvalue weighted by molar-refractivity contribution is 5.57. The average molecular weight is 274 g/mol. The first-order valence-corrected chi connectivity index (χ1v) is 7.27. The van der Waals surface area contributed by atoms with Crippen LogP contribution in [-0.4, -0.2) is 17.8 Å². The molecule has 1 aromatic carbocycles. The molecule has 0 amide bonds. The van der Waals surface area contributed by atoms with Crippen molar-refractivity contribution in [3.05, 3.63) is 35.4 Å². The summed E-state index contributed by atoms with van der Waals surface area (Å²) in [6, 6.07) is 7.48. The quantitative estimate of drug-likeness (QED) is 0.841. The third kappa shape index (κ3) is 2.76. The molecule has 2 bridgehead atoms.